The summed E-state index contributed by atoms with van der Waals surface area (Å²) in [6.07, 6.45) is 4.33. The summed E-state index contributed by atoms with van der Waals surface area (Å²) in [6.45, 7) is 2.08. The van der Waals surface area contributed by atoms with Crippen LogP contribution in [-0.2, 0) is 4.79 Å². The molecule has 1 unspecified atom stereocenters. The molecule has 2 saturated carbocycles. The Kier molecular flexibility index (Phi) is 3.78. The van der Waals surface area contributed by atoms with Gasteiger partial charge in [0.2, 0.25) is 0 Å². The molecule has 1 aromatic rings. The maximum absolute atomic E-state index is 11.9. The van der Waals surface area contributed by atoms with E-state index in [9.17, 15) is 9.90 Å². The zero-order valence-electron chi connectivity index (χ0n) is 11.8. The lowest BCUT2D eigenvalue weighted by molar-refractivity contribution is -0.145. The highest BCUT2D eigenvalue weighted by Crippen LogP contribution is 2.44. The maximum atomic E-state index is 11.9. The van der Waals surface area contributed by atoms with Gasteiger partial charge < -0.3 is 5.11 Å². The van der Waals surface area contributed by atoms with Crippen LogP contribution >= 0.6 is 11.8 Å². The maximum Gasteiger partial charge on any atom is 0.325 e. The van der Waals surface area contributed by atoms with E-state index in [2.05, 4.69) is 24.4 Å². The Hall–Kier alpha value is -1.00. The van der Waals surface area contributed by atoms with Crippen LogP contribution < -0.4 is 5.32 Å². The van der Waals surface area contributed by atoms with E-state index in [1.165, 1.54) is 10.5 Å². The van der Waals surface area contributed by atoms with Gasteiger partial charge in [-0.2, -0.15) is 0 Å². The second-order valence-corrected chi connectivity index (χ2v) is 7.04. The minimum Gasteiger partial charge on any atom is -0.480 e. The second-order valence-electron chi connectivity index (χ2n) is 6.02. The molecule has 0 spiro atoms. The molecule has 4 heteroatoms. The monoisotopic (exact) mass is 291 g/mol. The van der Waals surface area contributed by atoms with Crippen molar-refractivity contribution in [1.29, 1.82) is 0 Å². The fraction of sp³-hybridized carbons (Fsp3) is 0.562. The number of aryl methyl sites for hydroxylation is 1. The van der Waals surface area contributed by atoms with E-state index in [1.807, 2.05) is 12.1 Å². The number of hydrogen-bond acceptors (Lipinski definition) is 3. The molecule has 0 aromatic heterocycles. The van der Waals surface area contributed by atoms with Crippen molar-refractivity contribution in [2.75, 3.05) is 5.75 Å². The average Bonchev–Trinajstić information content (AvgIpc) is 3.27. The summed E-state index contributed by atoms with van der Waals surface area (Å²) in [5.74, 6) is 0.249. The lowest BCUT2D eigenvalue weighted by Gasteiger charge is -2.31. The molecule has 0 aliphatic heterocycles. The van der Waals surface area contributed by atoms with Crippen LogP contribution in [0.15, 0.2) is 29.2 Å². The van der Waals surface area contributed by atoms with E-state index < -0.39 is 11.5 Å². The molecule has 1 aromatic carbocycles. The van der Waals surface area contributed by atoms with Crippen LogP contribution in [0.3, 0.4) is 0 Å². The number of hydrogen-bond donors (Lipinski definition) is 2. The van der Waals surface area contributed by atoms with Gasteiger partial charge in [-0.15, -0.1) is 11.8 Å². The first-order chi connectivity index (χ1) is 9.62. The Labute approximate surface area is 124 Å². The summed E-state index contributed by atoms with van der Waals surface area (Å²) >= 11 is 1.68. The molecule has 3 rings (SSSR count). The van der Waals surface area contributed by atoms with Crippen molar-refractivity contribution in [2.45, 2.75) is 49.1 Å². The molecule has 2 N–H and O–H groups in total. The van der Waals surface area contributed by atoms with Crippen molar-refractivity contribution >= 4 is 17.7 Å². The van der Waals surface area contributed by atoms with Gasteiger partial charge >= 0.3 is 5.97 Å². The first-order valence-corrected chi connectivity index (χ1v) is 8.30. The lowest BCUT2D eigenvalue weighted by Crippen LogP contribution is -2.57. The molecule has 0 amide bonds. The predicted octanol–water partition coefficient (Wildman–Crippen LogP) is 3.07. The Morgan fingerprint density at radius 2 is 2.05 bits per heavy atom. The average molecular weight is 291 g/mol. The molecule has 0 bridgehead atoms. The quantitative estimate of drug-likeness (QED) is 0.758. The highest BCUT2D eigenvalue weighted by molar-refractivity contribution is 7.99. The number of carbonyl (C=O) groups is 1. The third kappa shape index (κ3) is 2.86. The molecular weight excluding hydrogens is 270 g/mol. The standard InChI is InChI=1S/C16H21NO2S/c1-11-4-2-3-5-14(11)20-10-16(15(18)19,12-6-7-12)17-13-8-9-13/h2-5,12-13,17H,6-10H2,1H3,(H,18,19). The van der Waals surface area contributed by atoms with Gasteiger partial charge in [0.1, 0.15) is 5.54 Å². The van der Waals surface area contributed by atoms with Crippen LogP contribution in [0.4, 0.5) is 0 Å². The van der Waals surface area contributed by atoms with Crippen molar-refractivity contribution < 1.29 is 9.90 Å². The summed E-state index contributed by atoms with van der Waals surface area (Å²) in [5, 5.41) is 13.2. The van der Waals surface area contributed by atoms with Gasteiger partial charge in [0, 0.05) is 16.7 Å². The van der Waals surface area contributed by atoms with Gasteiger partial charge in [0.05, 0.1) is 0 Å². The van der Waals surface area contributed by atoms with Gasteiger partial charge in [-0.1, -0.05) is 18.2 Å². The van der Waals surface area contributed by atoms with Crippen LogP contribution in [0.1, 0.15) is 31.2 Å². The van der Waals surface area contributed by atoms with Gasteiger partial charge in [0.15, 0.2) is 0 Å². The molecule has 1 atom stereocenters. The number of aliphatic carboxylic acids is 1. The molecule has 2 aliphatic rings. The van der Waals surface area contributed by atoms with Gasteiger partial charge in [0.25, 0.3) is 0 Å². The van der Waals surface area contributed by atoms with E-state index in [0.717, 1.165) is 25.7 Å². The molecule has 108 valence electrons. The zero-order chi connectivity index (χ0) is 14.2. The molecule has 0 saturated heterocycles. The largest absolute Gasteiger partial charge is 0.480 e. The van der Waals surface area contributed by atoms with Gasteiger partial charge in [-0.05, 0) is 50.2 Å². The van der Waals surface area contributed by atoms with E-state index in [0.29, 0.717) is 17.7 Å². The predicted molar refractivity (Wildman–Crippen MR) is 81.2 cm³/mol. The van der Waals surface area contributed by atoms with Crippen molar-refractivity contribution in [3.63, 3.8) is 0 Å². The van der Waals surface area contributed by atoms with Crippen LogP contribution in [0.25, 0.3) is 0 Å². The van der Waals surface area contributed by atoms with Gasteiger partial charge in [-0.3, -0.25) is 10.1 Å². The highest BCUT2D eigenvalue weighted by Gasteiger charge is 2.53. The Morgan fingerprint density at radius 1 is 1.35 bits per heavy atom. The van der Waals surface area contributed by atoms with Gasteiger partial charge in [-0.25, -0.2) is 0 Å². The first-order valence-electron chi connectivity index (χ1n) is 7.31. The van der Waals surface area contributed by atoms with Crippen LogP contribution in [0, 0.1) is 12.8 Å². The molecule has 3 nitrogen and oxygen atoms in total. The van der Waals surface area contributed by atoms with E-state index in [1.54, 1.807) is 11.8 Å². The normalized spacial score (nSPS) is 21.4. The van der Waals surface area contributed by atoms with Crippen LogP contribution in [-0.4, -0.2) is 28.4 Å². The topological polar surface area (TPSA) is 49.3 Å². The highest BCUT2D eigenvalue weighted by atomic mass is 32.2. The molecule has 2 fully saturated rings. The smallest absolute Gasteiger partial charge is 0.325 e. The molecule has 20 heavy (non-hydrogen) atoms. The second kappa shape index (κ2) is 5.41. The van der Waals surface area contributed by atoms with Crippen molar-refractivity contribution in [3.8, 4) is 0 Å². The number of benzene rings is 1. The fourth-order valence-electron chi connectivity index (χ4n) is 2.65. The third-order valence-electron chi connectivity index (χ3n) is 4.24. The number of rotatable bonds is 7. The SMILES string of the molecule is Cc1ccccc1SCC(NC1CC1)(C(=O)O)C1CC1. The first kappa shape index (κ1) is 14.0. The van der Waals surface area contributed by atoms with Crippen molar-refractivity contribution in [3.05, 3.63) is 29.8 Å². The zero-order valence-corrected chi connectivity index (χ0v) is 12.6. The number of nitrogens with one attached hydrogen (secondary N) is 1. The van der Waals surface area contributed by atoms with Crippen molar-refractivity contribution in [2.24, 2.45) is 5.92 Å². The third-order valence-corrected chi connectivity index (χ3v) is 5.61. The summed E-state index contributed by atoms with van der Waals surface area (Å²) in [6, 6.07) is 8.62. The summed E-state index contributed by atoms with van der Waals surface area (Å²) in [7, 11) is 0. The number of carboxylic acid groups (broad SMARTS) is 1. The van der Waals surface area contributed by atoms with Crippen molar-refractivity contribution in [1.82, 2.24) is 5.32 Å². The summed E-state index contributed by atoms with van der Waals surface area (Å²) in [5.41, 5.74) is 0.493. The minimum atomic E-state index is -0.728. The minimum absolute atomic E-state index is 0.303. The summed E-state index contributed by atoms with van der Waals surface area (Å²) < 4.78 is 0. The number of carboxylic acids is 1. The molecular formula is C16H21NO2S. The summed E-state index contributed by atoms with van der Waals surface area (Å²) in [4.78, 5) is 13.1. The van der Waals surface area contributed by atoms with Crippen LogP contribution in [0.5, 0.6) is 0 Å². The van der Waals surface area contributed by atoms with E-state index in [-0.39, 0.29) is 0 Å². The Bertz CT molecular complexity index is 511. The number of thioether (sulfide) groups is 1. The lowest BCUT2D eigenvalue weighted by atomic mass is 9.95. The molecule has 2 aliphatic carbocycles. The fourth-order valence-corrected chi connectivity index (χ4v) is 3.95. The van der Waals surface area contributed by atoms with E-state index >= 15 is 0 Å². The molecule has 0 radical (unpaired) electrons. The Balaban J connectivity index is 1.75. The van der Waals surface area contributed by atoms with E-state index in [4.69, 9.17) is 0 Å². The molecule has 0 heterocycles. The Morgan fingerprint density at radius 3 is 2.60 bits per heavy atom. The van der Waals surface area contributed by atoms with Crippen LogP contribution in [0.2, 0.25) is 0 Å².